The van der Waals surface area contributed by atoms with Gasteiger partial charge in [0.25, 0.3) is 5.91 Å². The number of rotatable bonds is 6. The molecular weight excluding hydrogens is 250 g/mol. The van der Waals surface area contributed by atoms with E-state index in [2.05, 4.69) is 5.32 Å². The minimum absolute atomic E-state index is 0.132. The number of carboxylic acid groups (broad SMARTS) is 1. The maximum atomic E-state index is 12.0. The van der Waals surface area contributed by atoms with Gasteiger partial charge in [0.15, 0.2) is 0 Å². The van der Waals surface area contributed by atoms with Crippen LogP contribution in [0.4, 0.5) is 0 Å². The minimum atomic E-state index is -0.962. The van der Waals surface area contributed by atoms with Gasteiger partial charge in [0.05, 0.1) is 20.6 Å². The average molecular weight is 267 g/mol. The zero-order chi connectivity index (χ0) is 14.4. The summed E-state index contributed by atoms with van der Waals surface area (Å²) < 4.78 is 10.1. The van der Waals surface area contributed by atoms with Crippen LogP contribution in [-0.4, -0.2) is 37.2 Å². The Kier molecular flexibility index (Phi) is 5.17. The zero-order valence-electron chi connectivity index (χ0n) is 11.1. The molecule has 104 valence electrons. The van der Waals surface area contributed by atoms with Crippen LogP contribution >= 0.6 is 0 Å². The van der Waals surface area contributed by atoms with Gasteiger partial charge in [-0.25, -0.2) is 0 Å². The summed E-state index contributed by atoms with van der Waals surface area (Å²) in [4.78, 5) is 22.5. The van der Waals surface area contributed by atoms with Crippen LogP contribution in [0.2, 0.25) is 0 Å². The number of aliphatic carboxylic acids is 1. The quantitative estimate of drug-likeness (QED) is 0.811. The first-order chi connectivity index (χ1) is 8.96. The standard InChI is InChI=1S/C13H17NO5/c1-8(4-12(15)16)14-13(17)9-5-10(18-2)7-11(6-9)19-3/h5-8H,4H2,1-3H3,(H,14,17)(H,15,16). The summed E-state index contributed by atoms with van der Waals surface area (Å²) in [7, 11) is 2.98. The lowest BCUT2D eigenvalue weighted by atomic mass is 10.1. The highest BCUT2D eigenvalue weighted by Crippen LogP contribution is 2.22. The number of carbonyl (C=O) groups is 2. The summed E-state index contributed by atoms with van der Waals surface area (Å²) in [5, 5.41) is 11.2. The van der Waals surface area contributed by atoms with E-state index in [9.17, 15) is 9.59 Å². The highest BCUT2D eigenvalue weighted by molar-refractivity contribution is 5.95. The Balaban J connectivity index is 2.83. The Bertz CT molecular complexity index is 450. The molecular formula is C13H17NO5. The molecule has 0 fully saturated rings. The number of nitrogens with one attached hydrogen (secondary N) is 1. The van der Waals surface area contributed by atoms with Crippen molar-refractivity contribution in [3.8, 4) is 11.5 Å². The third-order valence-corrected chi connectivity index (χ3v) is 2.47. The lowest BCUT2D eigenvalue weighted by Crippen LogP contribution is -2.34. The Labute approximate surface area is 111 Å². The summed E-state index contributed by atoms with van der Waals surface area (Å²) in [5.41, 5.74) is 0.355. The van der Waals surface area contributed by atoms with Gasteiger partial charge in [-0.2, -0.15) is 0 Å². The minimum Gasteiger partial charge on any atom is -0.497 e. The second kappa shape index (κ2) is 6.63. The van der Waals surface area contributed by atoms with E-state index in [1.54, 1.807) is 25.1 Å². The molecule has 1 aromatic rings. The summed E-state index contributed by atoms with van der Waals surface area (Å²) >= 11 is 0. The molecule has 1 rings (SSSR count). The second-order valence-electron chi connectivity index (χ2n) is 4.07. The van der Waals surface area contributed by atoms with Crippen molar-refractivity contribution in [2.75, 3.05) is 14.2 Å². The number of hydrogen-bond donors (Lipinski definition) is 2. The van der Waals surface area contributed by atoms with Crippen LogP contribution in [0.3, 0.4) is 0 Å². The van der Waals surface area contributed by atoms with Gasteiger partial charge in [-0.1, -0.05) is 0 Å². The first-order valence-corrected chi connectivity index (χ1v) is 5.72. The fourth-order valence-corrected chi connectivity index (χ4v) is 1.56. The Morgan fingerprint density at radius 1 is 1.21 bits per heavy atom. The molecule has 0 saturated heterocycles. The monoisotopic (exact) mass is 267 g/mol. The van der Waals surface area contributed by atoms with Crippen molar-refractivity contribution in [2.45, 2.75) is 19.4 Å². The molecule has 0 radical (unpaired) electrons. The van der Waals surface area contributed by atoms with Gasteiger partial charge >= 0.3 is 5.97 Å². The van der Waals surface area contributed by atoms with Crippen LogP contribution in [0.1, 0.15) is 23.7 Å². The highest BCUT2D eigenvalue weighted by atomic mass is 16.5. The van der Waals surface area contributed by atoms with Crippen molar-refractivity contribution in [1.29, 1.82) is 0 Å². The highest BCUT2D eigenvalue weighted by Gasteiger charge is 2.14. The summed E-state index contributed by atoms with van der Waals surface area (Å²) in [5.74, 6) is -0.340. The van der Waals surface area contributed by atoms with E-state index in [-0.39, 0.29) is 12.3 Å². The lowest BCUT2D eigenvalue weighted by Gasteiger charge is -2.13. The predicted molar refractivity (Wildman–Crippen MR) is 68.7 cm³/mol. The van der Waals surface area contributed by atoms with Crippen LogP contribution in [0.25, 0.3) is 0 Å². The zero-order valence-corrected chi connectivity index (χ0v) is 11.1. The lowest BCUT2D eigenvalue weighted by molar-refractivity contribution is -0.137. The Hall–Kier alpha value is -2.24. The SMILES string of the molecule is COc1cc(OC)cc(C(=O)NC(C)CC(=O)O)c1. The third kappa shape index (κ3) is 4.50. The molecule has 2 N–H and O–H groups in total. The number of hydrogen-bond acceptors (Lipinski definition) is 4. The molecule has 1 aromatic carbocycles. The fraction of sp³-hybridized carbons (Fsp3) is 0.385. The maximum absolute atomic E-state index is 12.0. The summed E-state index contributed by atoms with van der Waals surface area (Å²) in [6, 6.07) is 4.32. The molecule has 0 heterocycles. The molecule has 6 nitrogen and oxygen atoms in total. The van der Waals surface area contributed by atoms with E-state index < -0.39 is 12.0 Å². The topological polar surface area (TPSA) is 84.9 Å². The second-order valence-corrected chi connectivity index (χ2v) is 4.07. The average Bonchev–Trinajstić information content (AvgIpc) is 2.36. The Morgan fingerprint density at radius 2 is 1.74 bits per heavy atom. The number of amides is 1. The van der Waals surface area contributed by atoms with E-state index in [0.29, 0.717) is 17.1 Å². The molecule has 0 aliphatic carbocycles. The van der Waals surface area contributed by atoms with Gasteiger partial charge in [-0.3, -0.25) is 9.59 Å². The van der Waals surface area contributed by atoms with Crippen LogP contribution in [0.5, 0.6) is 11.5 Å². The first kappa shape index (κ1) is 14.8. The van der Waals surface area contributed by atoms with Crippen molar-refractivity contribution in [1.82, 2.24) is 5.32 Å². The van der Waals surface area contributed by atoms with Gasteiger partial charge in [-0.05, 0) is 19.1 Å². The van der Waals surface area contributed by atoms with E-state index in [0.717, 1.165) is 0 Å². The van der Waals surface area contributed by atoms with Crippen molar-refractivity contribution in [3.05, 3.63) is 23.8 Å². The van der Waals surface area contributed by atoms with Crippen LogP contribution in [0.15, 0.2) is 18.2 Å². The van der Waals surface area contributed by atoms with Crippen LogP contribution < -0.4 is 14.8 Å². The van der Waals surface area contributed by atoms with Gasteiger partial charge in [-0.15, -0.1) is 0 Å². The first-order valence-electron chi connectivity index (χ1n) is 5.72. The van der Waals surface area contributed by atoms with Gasteiger partial charge < -0.3 is 19.9 Å². The fourth-order valence-electron chi connectivity index (χ4n) is 1.56. The van der Waals surface area contributed by atoms with Gasteiger partial charge in [0.2, 0.25) is 0 Å². The van der Waals surface area contributed by atoms with Crippen LogP contribution in [-0.2, 0) is 4.79 Å². The van der Waals surface area contributed by atoms with Crippen LogP contribution in [0, 0.1) is 0 Å². The number of ether oxygens (including phenoxy) is 2. The number of carbonyl (C=O) groups excluding carboxylic acids is 1. The molecule has 0 saturated carbocycles. The van der Waals surface area contributed by atoms with E-state index in [1.807, 2.05) is 0 Å². The molecule has 1 atom stereocenters. The molecule has 0 aliphatic rings. The number of benzene rings is 1. The predicted octanol–water partition coefficient (Wildman–Crippen LogP) is 1.30. The molecule has 0 aliphatic heterocycles. The van der Waals surface area contributed by atoms with E-state index >= 15 is 0 Å². The molecule has 0 aromatic heterocycles. The smallest absolute Gasteiger partial charge is 0.305 e. The van der Waals surface area contributed by atoms with E-state index in [4.69, 9.17) is 14.6 Å². The van der Waals surface area contributed by atoms with E-state index in [1.165, 1.54) is 14.2 Å². The van der Waals surface area contributed by atoms with Crippen molar-refractivity contribution in [3.63, 3.8) is 0 Å². The largest absolute Gasteiger partial charge is 0.497 e. The van der Waals surface area contributed by atoms with Crippen molar-refractivity contribution in [2.24, 2.45) is 0 Å². The molecule has 0 spiro atoms. The van der Waals surface area contributed by atoms with Gasteiger partial charge in [0.1, 0.15) is 11.5 Å². The normalized spacial score (nSPS) is 11.5. The van der Waals surface area contributed by atoms with Crippen molar-refractivity contribution >= 4 is 11.9 Å². The van der Waals surface area contributed by atoms with Gasteiger partial charge in [0, 0.05) is 17.7 Å². The molecule has 1 unspecified atom stereocenters. The summed E-state index contributed by atoms with van der Waals surface area (Å²) in [6.45, 7) is 1.63. The summed E-state index contributed by atoms with van der Waals surface area (Å²) in [6.07, 6.45) is -0.132. The number of carboxylic acids is 1. The third-order valence-electron chi connectivity index (χ3n) is 2.47. The Morgan fingerprint density at radius 3 is 2.16 bits per heavy atom. The molecule has 1 amide bonds. The molecule has 6 heteroatoms. The molecule has 19 heavy (non-hydrogen) atoms. The van der Waals surface area contributed by atoms with Crippen molar-refractivity contribution < 1.29 is 24.2 Å². The molecule has 0 bridgehead atoms. The number of methoxy groups -OCH3 is 2. The maximum Gasteiger partial charge on any atom is 0.305 e.